The van der Waals surface area contributed by atoms with Crippen molar-refractivity contribution >= 4 is 30.3 Å². The van der Waals surface area contributed by atoms with Gasteiger partial charge in [-0.1, -0.05) is 0 Å². The van der Waals surface area contributed by atoms with Gasteiger partial charge in [0, 0.05) is 36.5 Å². The van der Waals surface area contributed by atoms with Crippen molar-refractivity contribution in [3.63, 3.8) is 0 Å². The van der Waals surface area contributed by atoms with Crippen LogP contribution in [0.4, 0.5) is 10.5 Å². The molecule has 2 aliphatic heterocycles. The third kappa shape index (κ3) is 4.74. The van der Waals surface area contributed by atoms with Gasteiger partial charge in [0.1, 0.15) is 6.61 Å². The largest absolute Gasteiger partial charge is 0.445 e. The van der Waals surface area contributed by atoms with Crippen molar-refractivity contribution in [1.29, 1.82) is 0 Å². The molecule has 2 N–H and O–H groups in total. The van der Waals surface area contributed by atoms with E-state index in [4.69, 9.17) is 10.5 Å². The Balaban J connectivity index is 1.58. The number of benzene rings is 1. The highest BCUT2D eigenvalue weighted by atomic mass is 32.1. The number of nitro groups is 1. The summed E-state index contributed by atoms with van der Waals surface area (Å²) in [6.45, 7) is 1.86. The lowest BCUT2D eigenvalue weighted by Crippen LogP contribution is -2.48. The molecule has 0 radical (unpaired) electrons. The van der Waals surface area contributed by atoms with Crippen LogP contribution in [0, 0.1) is 10.1 Å². The lowest BCUT2D eigenvalue weighted by atomic mass is 10.1. The fraction of sp³-hybridized carbons (Fsp3) is 0.556. The summed E-state index contributed by atoms with van der Waals surface area (Å²) >= 11 is 4.51. The summed E-state index contributed by atoms with van der Waals surface area (Å²) in [6, 6.07) is 5.52. The SMILES string of the molecule is NC(=O)[C@@H]1CCCN1C[C@@H]1C[C@H](S)CN1C(=O)OCc1ccc([N+](=O)[O-])cc1. The second-order valence-corrected chi connectivity index (χ2v) is 7.96. The number of nitrogens with zero attached hydrogens (tertiary/aromatic N) is 3. The summed E-state index contributed by atoms with van der Waals surface area (Å²) in [5.41, 5.74) is 6.14. The number of rotatable bonds is 6. The first-order valence-corrected chi connectivity index (χ1v) is 9.75. The van der Waals surface area contributed by atoms with Crippen LogP contribution >= 0.6 is 12.6 Å². The van der Waals surface area contributed by atoms with Crippen molar-refractivity contribution in [2.24, 2.45) is 5.73 Å². The Morgan fingerprint density at radius 1 is 1.32 bits per heavy atom. The van der Waals surface area contributed by atoms with Gasteiger partial charge in [-0.25, -0.2) is 4.79 Å². The second-order valence-electron chi connectivity index (χ2n) is 7.23. The minimum Gasteiger partial charge on any atom is -0.445 e. The summed E-state index contributed by atoms with van der Waals surface area (Å²) in [5, 5.41) is 10.7. The van der Waals surface area contributed by atoms with E-state index < -0.39 is 11.0 Å². The molecule has 152 valence electrons. The number of carbonyl (C=O) groups is 2. The molecule has 2 fully saturated rings. The van der Waals surface area contributed by atoms with Gasteiger partial charge >= 0.3 is 6.09 Å². The van der Waals surface area contributed by atoms with E-state index in [-0.39, 0.29) is 35.5 Å². The predicted octanol–water partition coefficient (Wildman–Crippen LogP) is 1.55. The maximum absolute atomic E-state index is 12.6. The molecule has 1 aromatic rings. The molecule has 3 atom stereocenters. The molecule has 9 nitrogen and oxygen atoms in total. The molecule has 0 spiro atoms. The average Bonchev–Trinajstić information content (AvgIpc) is 3.27. The smallest absolute Gasteiger partial charge is 0.410 e. The van der Waals surface area contributed by atoms with E-state index in [1.54, 1.807) is 17.0 Å². The first kappa shape index (κ1) is 20.4. The molecular weight excluding hydrogens is 384 g/mol. The zero-order chi connectivity index (χ0) is 20.3. The third-order valence-corrected chi connectivity index (χ3v) is 5.65. The Labute approximate surface area is 168 Å². The van der Waals surface area contributed by atoms with E-state index >= 15 is 0 Å². The van der Waals surface area contributed by atoms with Crippen LogP contribution in [0.15, 0.2) is 24.3 Å². The average molecular weight is 408 g/mol. The molecule has 0 aliphatic carbocycles. The predicted molar refractivity (Wildman–Crippen MR) is 105 cm³/mol. The molecule has 28 heavy (non-hydrogen) atoms. The van der Waals surface area contributed by atoms with Crippen molar-refractivity contribution in [2.45, 2.75) is 43.2 Å². The monoisotopic (exact) mass is 408 g/mol. The Hall–Kier alpha value is -2.33. The number of nitro benzene ring substituents is 1. The number of ether oxygens (including phenoxy) is 1. The third-order valence-electron chi connectivity index (χ3n) is 5.27. The fourth-order valence-electron chi connectivity index (χ4n) is 3.87. The van der Waals surface area contributed by atoms with E-state index in [0.29, 0.717) is 18.7 Å². The van der Waals surface area contributed by atoms with Crippen LogP contribution in [0.2, 0.25) is 0 Å². The van der Waals surface area contributed by atoms with Gasteiger partial charge in [-0.3, -0.25) is 19.8 Å². The van der Waals surface area contributed by atoms with E-state index in [2.05, 4.69) is 12.6 Å². The lowest BCUT2D eigenvalue weighted by Gasteiger charge is -2.30. The van der Waals surface area contributed by atoms with Gasteiger partial charge in [-0.15, -0.1) is 0 Å². The highest BCUT2D eigenvalue weighted by Crippen LogP contribution is 2.27. The minimum absolute atomic E-state index is 0.0118. The maximum atomic E-state index is 12.6. The molecule has 3 rings (SSSR count). The molecule has 1 aromatic carbocycles. The highest BCUT2D eigenvalue weighted by Gasteiger charge is 2.38. The maximum Gasteiger partial charge on any atom is 0.410 e. The summed E-state index contributed by atoms with van der Waals surface area (Å²) in [6.07, 6.45) is 1.93. The molecule has 0 bridgehead atoms. The zero-order valence-electron chi connectivity index (χ0n) is 15.4. The van der Waals surface area contributed by atoms with Gasteiger partial charge in [0.2, 0.25) is 5.91 Å². The Morgan fingerprint density at radius 2 is 2.04 bits per heavy atom. The zero-order valence-corrected chi connectivity index (χ0v) is 16.3. The summed E-state index contributed by atoms with van der Waals surface area (Å²) in [7, 11) is 0. The highest BCUT2D eigenvalue weighted by molar-refractivity contribution is 7.81. The van der Waals surface area contributed by atoms with E-state index in [9.17, 15) is 19.7 Å². The summed E-state index contributed by atoms with van der Waals surface area (Å²) in [4.78, 5) is 38.1. The number of amides is 2. The number of thiol groups is 1. The Morgan fingerprint density at radius 3 is 2.68 bits per heavy atom. The van der Waals surface area contributed by atoms with Crippen LogP contribution in [-0.4, -0.2) is 63.7 Å². The second kappa shape index (κ2) is 8.78. The minimum atomic E-state index is -0.477. The van der Waals surface area contributed by atoms with Crippen molar-refractivity contribution in [1.82, 2.24) is 9.80 Å². The van der Waals surface area contributed by atoms with Gasteiger partial charge in [-0.2, -0.15) is 12.6 Å². The fourth-order valence-corrected chi connectivity index (χ4v) is 4.29. The van der Waals surface area contributed by atoms with Crippen LogP contribution in [0.25, 0.3) is 0 Å². The number of likely N-dealkylation sites (tertiary alicyclic amines) is 2. The number of nitrogens with two attached hydrogens (primary N) is 1. The van der Waals surface area contributed by atoms with Crippen molar-refractivity contribution in [3.05, 3.63) is 39.9 Å². The van der Waals surface area contributed by atoms with Gasteiger partial charge in [-0.05, 0) is 43.5 Å². The first-order chi connectivity index (χ1) is 13.3. The van der Waals surface area contributed by atoms with Gasteiger partial charge < -0.3 is 15.4 Å². The quantitative estimate of drug-likeness (QED) is 0.419. The van der Waals surface area contributed by atoms with Crippen LogP contribution in [-0.2, 0) is 16.1 Å². The first-order valence-electron chi connectivity index (χ1n) is 9.23. The van der Waals surface area contributed by atoms with Crippen molar-refractivity contribution in [3.8, 4) is 0 Å². The van der Waals surface area contributed by atoms with Crippen LogP contribution in [0.1, 0.15) is 24.8 Å². The van der Waals surface area contributed by atoms with E-state index in [0.717, 1.165) is 25.8 Å². The molecule has 2 saturated heterocycles. The Bertz CT molecular complexity index is 744. The molecule has 2 aliphatic rings. The van der Waals surface area contributed by atoms with Gasteiger partial charge in [0.05, 0.1) is 11.0 Å². The van der Waals surface area contributed by atoms with E-state index in [1.807, 2.05) is 4.90 Å². The number of primary amides is 1. The summed E-state index contributed by atoms with van der Waals surface area (Å²) in [5.74, 6) is -0.329. The van der Waals surface area contributed by atoms with Crippen LogP contribution in [0.3, 0.4) is 0 Å². The molecule has 2 amide bonds. The van der Waals surface area contributed by atoms with Gasteiger partial charge in [0.15, 0.2) is 0 Å². The molecule has 2 heterocycles. The van der Waals surface area contributed by atoms with Crippen LogP contribution < -0.4 is 5.73 Å². The molecule has 0 aromatic heterocycles. The Kier molecular flexibility index (Phi) is 6.40. The number of non-ortho nitro benzene ring substituents is 1. The summed E-state index contributed by atoms with van der Waals surface area (Å²) < 4.78 is 5.40. The number of carbonyl (C=O) groups excluding carboxylic acids is 2. The molecule has 0 saturated carbocycles. The van der Waals surface area contributed by atoms with Crippen LogP contribution in [0.5, 0.6) is 0 Å². The van der Waals surface area contributed by atoms with Crippen molar-refractivity contribution in [2.75, 3.05) is 19.6 Å². The lowest BCUT2D eigenvalue weighted by molar-refractivity contribution is -0.384. The van der Waals surface area contributed by atoms with Crippen molar-refractivity contribution < 1.29 is 19.2 Å². The van der Waals surface area contributed by atoms with E-state index in [1.165, 1.54) is 12.1 Å². The molecule has 0 unspecified atom stereocenters. The topological polar surface area (TPSA) is 119 Å². The number of hydrogen-bond donors (Lipinski definition) is 2. The molecule has 10 heteroatoms. The number of hydrogen-bond acceptors (Lipinski definition) is 7. The standard InChI is InChI=1S/C18H24N4O5S/c19-17(23)16-2-1-7-20(16)9-14-8-15(28)10-21(14)18(24)27-11-12-3-5-13(6-4-12)22(25)26/h3-6,14-16,28H,1-2,7-11H2,(H2,19,23)/t14-,15-,16-/m0/s1. The normalized spacial score (nSPS) is 25.0. The molecular formula is C18H24N4O5S. The van der Waals surface area contributed by atoms with Gasteiger partial charge in [0.25, 0.3) is 5.69 Å².